The molecule has 1 radical (unpaired) electrons. The van der Waals surface area contributed by atoms with Gasteiger partial charge in [-0.3, -0.25) is 0 Å². The Labute approximate surface area is 150 Å². The van der Waals surface area contributed by atoms with Gasteiger partial charge in [0.25, 0.3) is 0 Å². The van der Waals surface area contributed by atoms with Crippen molar-refractivity contribution in [1.29, 1.82) is 0 Å². The molecular weight excluding hydrogens is 312 g/mol. The molecule has 1 aliphatic heterocycles. The molecule has 4 heteroatoms. The predicted molar refractivity (Wildman–Crippen MR) is 100 cm³/mol. The molecule has 2 heterocycles. The fourth-order valence-electron chi connectivity index (χ4n) is 3.94. The topological polar surface area (TPSA) is 43.4 Å². The van der Waals surface area contributed by atoms with Crippen LogP contribution in [0.1, 0.15) is 40.5 Å². The van der Waals surface area contributed by atoms with Crippen molar-refractivity contribution in [2.75, 3.05) is 7.11 Å². The second kappa shape index (κ2) is 6.68. The van der Waals surface area contributed by atoms with Crippen LogP contribution in [0.2, 0.25) is 0 Å². The van der Waals surface area contributed by atoms with E-state index in [4.69, 9.17) is 9.47 Å². The van der Waals surface area contributed by atoms with E-state index in [9.17, 15) is 0 Å². The van der Waals surface area contributed by atoms with Crippen molar-refractivity contribution >= 4 is 0 Å². The zero-order valence-electron chi connectivity index (χ0n) is 15.7. The summed E-state index contributed by atoms with van der Waals surface area (Å²) in [5, 5.41) is 3.68. The molecule has 1 fully saturated rings. The largest absolute Gasteiger partial charge is 0.496 e. The van der Waals surface area contributed by atoms with Crippen molar-refractivity contribution in [1.82, 2.24) is 10.3 Å². The number of methoxy groups -OCH3 is 1. The number of nitrogens with one attached hydrogen (secondary N) is 1. The highest BCUT2D eigenvalue weighted by Gasteiger charge is 2.38. The Hall–Kier alpha value is -2.07. The number of piperidine rings is 1. The molecule has 0 saturated carbocycles. The third-order valence-corrected chi connectivity index (χ3v) is 4.51. The Bertz CT molecular complexity index is 710. The van der Waals surface area contributed by atoms with E-state index in [0.717, 1.165) is 35.6 Å². The summed E-state index contributed by atoms with van der Waals surface area (Å²) in [5.41, 5.74) is 1.90. The van der Waals surface area contributed by atoms with Gasteiger partial charge in [0.15, 0.2) is 0 Å². The fourth-order valence-corrected chi connectivity index (χ4v) is 3.94. The second-order valence-electron chi connectivity index (χ2n) is 8.05. The molecule has 0 unspecified atom stereocenters. The summed E-state index contributed by atoms with van der Waals surface area (Å²) in [6, 6.07) is 11.6. The van der Waals surface area contributed by atoms with Crippen LogP contribution in [0, 0.1) is 6.20 Å². The molecule has 1 aromatic heterocycles. The predicted octanol–water partition coefficient (Wildman–Crippen LogP) is 4.25. The van der Waals surface area contributed by atoms with Gasteiger partial charge in [-0.2, -0.15) is 0 Å². The molecular formula is C21H27N2O2. The maximum Gasteiger partial charge on any atom is 0.131 e. The first-order chi connectivity index (χ1) is 11.8. The van der Waals surface area contributed by atoms with E-state index in [1.807, 2.05) is 30.3 Å². The average Bonchev–Trinajstić information content (AvgIpc) is 2.52. The first-order valence-corrected chi connectivity index (χ1v) is 8.76. The molecule has 4 nitrogen and oxygen atoms in total. The normalized spacial score (nSPS) is 19.4. The maximum absolute atomic E-state index is 6.31. The van der Waals surface area contributed by atoms with Crippen molar-refractivity contribution in [2.24, 2.45) is 0 Å². The highest BCUT2D eigenvalue weighted by atomic mass is 16.5. The number of rotatable bonds is 4. The van der Waals surface area contributed by atoms with Gasteiger partial charge in [-0.1, -0.05) is 6.07 Å². The van der Waals surface area contributed by atoms with Gasteiger partial charge in [0.05, 0.1) is 19.0 Å². The summed E-state index contributed by atoms with van der Waals surface area (Å²) in [5.74, 6) is 1.59. The first kappa shape index (κ1) is 17.7. The lowest BCUT2D eigenvalue weighted by atomic mass is 9.81. The Morgan fingerprint density at radius 3 is 2.44 bits per heavy atom. The highest BCUT2D eigenvalue weighted by molar-refractivity contribution is 5.68. The summed E-state index contributed by atoms with van der Waals surface area (Å²) < 4.78 is 11.9. The third kappa shape index (κ3) is 4.31. The fraction of sp³-hybridized carbons (Fsp3) is 0.476. The summed E-state index contributed by atoms with van der Waals surface area (Å²) in [6.07, 6.45) is 4.97. The van der Waals surface area contributed by atoms with E-state index in [1.54, 1.807) is 13.2 Å². The van der Waals surface area contributed by atoms with E-state index in [2.05, 4.69) is 44.2 Å². The van der Waals surface area contributed by atoms with Crippen LogP contribution >= 0.6 is 0 Å². The summed E-state index contributed by atoms with van der Waals surface area (Å²) in [4.78, 5) is 4.29. The monoisotopic (exact) mass is 339 g/mol. The molecule has 0 amide bonds. The molecule has 2 aromatic rings. The molecule has 1 N–H and O–H groups in total. The van der Waals surface area contributed by atoms with Crippen molar-refractivity contribution in [2.45, 2.75) is 57.7 Å². The van der Waals surface area contributed by atoms with Crippen LogP contribution in [-0.4, -0.2) is 29.3 Å². The van der Waals surface area contributed by atoms with E-state index in [1.165, 1.54) is 0 Å². The first-order valence-electron chi connectivity index (χ1n) is 8.76. The molecule has 25 heavy (non-hydrogen) atoms. The molecule has 3 rings (SSSR count). The van der Waals surface area contributed by atoms with Gasteiger partial charge in [0.2, 0.25) is 0 Å². The molecule has 1 aromatic carbocycles. The van der Waals surface area contributed by atoms with Crippen LogP contribution in [0.4, 0.5) is 0 Å². The number of benzene rings is 1. The minimum atomic E-state index is 0.0558. The molecule has 133 valence electrons. The van der Waals surface area contributed by atoms with Gasteiger partial charge in [0, 0.05) is 35.5 Å². The van der Waals surface area contributed by atoms with E-state index in [-0.39, 0.29) is 17.2 Å². The Balaban J connectivity index is 1.82. The molecule has 1 saturated heterocycles. The smallest absolute Gasteiger partial charge is 0.131 e. The van der Waals surface area contributed by atoms with Crippen molar-refractivity contribution < 1.29 is 9.47 Å². The van der Waals surface area contributed by atoms with Crippen molar-refractivity contribution in [3.05, 3.63) is 42.6 Å². The number of nitrogens with zero attached hydrogens (tertiary/aromatic N) is 1. The molecule has 0 aliphatic carbocycles. The Morgan fingerprint density at radius 1 is 1.12 bits per heavy atom. The van der Waals surface area contributed by atoms with Crippen LogP contribution in [0.3, 0.4) is 0 Å². The number of hydrogen-bond acceptors (Lipinski definition) is 4. The van der Waals surface area contributed by atoms with E-state index in [0.29, 0.717) is 0 Å². The molecule has 0 atom stereocenters. The number of ether oxygens (including phenoxy) is 2. The molecule has 1 aliphatic rings. The van der Waals surface area contributed by atoms with Crippen LogP contribution in [-0.2, 0) is 0 Å². The van der Waals surface area contributed by atoms with Crippen LogP contribution in [0.5, 0.6) is 11.5 Å². The quantitative estimate of drug-likeness (QED) is 0.904. The lowest BCUT2D eigenvalue weighted by Crippen LogP contribution is -2.60. The van der Waals surface area contributed by atoms with Crippen molar-refractivity contribution in [3.63, 3.8) is 0 Å². The van der Waals surface area contributed by atoms with Gasteiger partial charge >= 0.3 is 0 Å². The van der Waals surface area contributed by atoms with E-state index < -0.39 is 0 Å². The Kier molecular flexibility index (Phi) is 4.74. The van der Waals surface area contributed by atoms with Gasteiger partial charge in [-0.15, -0.1) is 0 Å². The van der Waals surface area contributed by atoms with Crippen LogP contribution < -0.4 is 14.8 Å². The summed E-state index contributed by atoms with van der Waals surface area (Å²) in [6.45, 7) is 8.91. The number of aromatic nitrogens is 1. The number of hydrogen-bond donors (Lipinski definition) is 1. The minimum absolute atomic E-state index is 0.0558. The second-order valence-corrected chi connectivity index (χ2v) is 8.05. The summed E-state index contributed by atoms with van der Waals surface area (Å²) in [7, 11) is 1.67. The lowest BCUT2D eigenvalue weighted by Gasteiger charge is -2.46. The Morgan fingerprint density at radius 2 is 1.84 bits per heavy atom. The maximum atomic E-state index is 6.31. The third-order valence-electron chi connectivity index (χ3n) is 4.51. The minimum Gasteiger partial charge on any atom is -0.496 e. The van der Waals surface area contributed by atoms with Gasteiger partial charge in [-0.05, 0) is 52.0 Å². The lowest BCUT2D eigenvalue weighted by molar-refractivity contribution is 0.0558. The molecule has 0 bridgehead atoms. The van der Waals surface area contributed by atoms with Gasteiger partial charge in [-0.25, -0.2) is 4.98 Å². The zero-order valence-corrected chi connectivity index (χ0v) is 15.7. The number of pyridine rings is 1. The highest BCUT2D eigenvalue weighted by Crippen LogP contribution is 2.35. The summed E-state index contributed by atoms with van der Waals surface area (Å²) >= 11 is 0. The standard InChI is InChI=1S/C21H27N2O2/c1-20(2)13-16(14-21(3,4)23-20)25-15-9-10-17(19(12-15)24-5)18-8-6-7-11-22-18/h6-10,12,16,23H,13-14H2,1-5H3. The van der Waals surface area contributed by atoms with Crippen LogP contribution in [0.15, 0.2) is 36.4 Å². The van der Waals surface area contributed by atoms with Crippen molar-refractivity contribution in [3.8, 4) is 22.8 Å². The van der Waals surface area contributed by atoms with Gasteiger partial charge < -0.3 is 14.8 Å². The SMILES string of the molecule is COc1cc(OC2CC(C)(C)NC(C)(C)C2)ccc1-c1ccc[c]n1. The average molecular weight is 339 g/mol. The molecule has 0 spiro atoms. The van der Waals surface area contributed by atoms with Crippen LogP contribution in [0.25, 0.3) is 11.3 Å². The van der Waals surface area contributed by atoms with E-state index >= 15 is 0 Å². The van der Waals surface area contributed by atoms with Gasteiger partial charge in [0.1, 0.15) is 17.6 Å². The zero-order chi connectivity index (χ0) is 18.1.